The van der Waals surface area contributed by atoms with E-state index >= 15 is 0 Å². The highest BCUT2D eigenvalue weighted by Gasteiger charge is 2.13. The lowest BCUT2D eigenvalue weighted by Gasteiger charge is -2.06. The summed E-state index contributed by atoms with van der Waals surface area (Å²) in [5, 5.41) is 3.20. The number of hydrogen-bond acceptors (Lipinski definition) is 5. The Bertz CT molecular complexity index is 555. The average molecular weight is 243 g/mol. The molecule has 1 aromatic carbocycles. The molecule has 0 atom stereocenters. The quantitative estimate of drug-likeness (QED) is 0.863. The van der Waals surface area contributed by atoms with Gasteiger partial charge in [-0.3, -0.25) is 0 Å². The third-order valence-corrected chi connectivity index (χ3v) is 2.71. The minimum Gasteiger partial charge on any atom is -0.454 e. The summed E-state index contributed by atoms with van der Waals surface area (Å²) < 4.78 is 10.6. The average Bonchev–Trinajstić information content (AvgIpc) is 2.87. The zero-order valence-corrected chi connectivity index (χ0v) is 9.72. The molecular formula is C13H13N3O2. The first kappa shape index (κ1) is 10.9. The van der Waals surface area contributed by atoms with Crippen LogP contribution >= 0.6 is 0 Å². The van der Waals surface area contributed by atoms with E-state index in [1.54, 1.807) is 6.20 Å². The Balaban J connectivity index is 1.79. The second-order valence-corrected chi connectivity index (χ2v) is 3.95. The van der Waals surface area contributed by atoms with Crippen molar-refractivity contribution in [2.45, 2.75) is 6.54 Å². The summed E-state index contributed by atoms with van der Waals surface area (Å²) in [6.45, 7) is 0.777. The monoisotopic (exact) mass is 243 g/mol. The molecule has 3 N–H and O–H groups in total. The van der Waals surface area contributed by atoms with Gasteiger partial charge in [0.1, 0.15) is 5.82 Å². The number of fused-ring (bicyclic) bond motifs is 1. The number of rotatable bonds is 3. The smallest absolute Gasteiger partial charge is 0.231 e. The molecule has 0 amide bonds. The van der Waals surface area contributed by atoms with Gasteiger partial charge in [0.2, 0.25) is 6.79 Å². The van der Waals surface area contributed by atoms with E-state index < -0.39 is 0 Å². The summed E-state index contributed by atoms with van der Waals surface area (Å²) in [7, 11) is 0. The highest BCUT2D eigenvalue weighted by molar-refractivity contribution is 5.61. The summed E-state index contributed by atoms with van der Waals surface area (Å²) in [6.07, 6.45) is 1.76. The summed E-state index contributed by atoms with van der Waals surface area (Å²) in [6, 6.07) is 9.53. The Hall–Kier alpha value is -2.27. The number of ether oxygens (including phenoxy) is 2. The fraction of sp³-hybridized carbons (Fsp3) is 0.154. The van der Waals surface area contributed by atoms with E-state index in [9.17, 15) is 0 Å². The summed E-state index contributed by atoms with van der Waals surface area (Å²) >= 11 is 0. The van der Waals surface area contributed by atoms with Gasteiger partial charge in [0, 0.05) is 24.5 Å². The van der Waals surface area contributed by atoms with Crippen molar-refractivity contribution in [3.8, 4) is 11.5 Å². The van der Waals surface area contributed by atoms with Crippen molar-refractivity contribution < 1.29 is 9.47 Å². The van der Waals surface area contributed by atoms with Gasteiger partial charge in [-0.1, -0.05) is 6.07 Å². The number of hydrogen-bond donors (Lipinski definition) is 2. The van der Waals surface area contributed by atoms with Crippen LogP contribution in [-0.4, -0.2) is 11.8 Å². The predicted molar refractivity (Wildman–Crippen MR) is 68.0 cm³/mol. The van der Waals surface area contributed by atoms with Crippen molar-refractivity contribution >= 4 is 11.5 Å². The van der Waals surface area contributed by atoms with E-state index in [2.05, 4.69) is 10.3 Å². The SMILES string of the molecule is NCc1ccc(Nc2ccc3c(c2)OCO3)nc1. The van der Waals surface area contributed by atoms with Crippen LogP contribution in [0, 0.1) is 0 Å². The third kappa shape index (κ3) is 2.08. The molecule has 0 radical (unpaired) electrons. The Morgan fingerprint density at radius 1 is 1.17 bits per heavy atom. The van der Waals surface area contributed by atoms with Gasteiger partial charge in [-0.15, -0.1) is 0 Å². The van der Waals surface area contributed by atoms with E-state index in [1.165, 1.54) is 0 Å². The topological polar surface area (TPSA) is 69.4 Å². The van der Waals surface area contributed by atoms with E-state index in [1.807, 2.05) is 30.3 Å². The molecule has 0 spiro atoms. The van der Waals surface area contributed by atoms with Gasteiger partial charge in [-0.2, -0.15) is 0 Å². The Morgan fingerprint density at radius 3 is 2.83 bits per heavy atom. The molecule has 5 heteroatoms. The molecule has 3 rings (SSSR count). The highest BCUT2D eigenvalue weighted by Crippen LogP contribution is 2.34. The number of benzene rings is 1. The van der Waals surface area contributed by atoms with Crippen LogP contribution in [0.1, 0.15) is 5.56 Å². The predicted octanol–water partition coefficient (Wildman–Crippen LogP) is 2.01. The largest absolute Gasteiger partial charge is 0.454 e. The molecular weight excluding hydrogens is 230 g/mol. The lowest BCUT2D eigenvalue weighted by atomic mass is 10.2. The Labute approximate surface area is 105 Å². The van der Waals surface area contributed by atoms with E-state index in [0.29, 0.717) is 6.54 Å². The number of pyridine rings is 1. The molecule has 0 saturated heterocycles. The van der Waals surface area contributed by atoms with Crippen LogP contribution in [0.25, 0.3) is 0 Å². The van der Waals surface area contributed by atoms with Crippen molar-refractivity contribution in [3.05, 3.63) is 42.1 Å². The van der Waals surface area contributed by atoms with Crippen molar-refractivity contribution in [3.63, 3.8) is 0 Å². The van der Waals surface area contributed by atoms with Crippen molar-refractivity contribution in [1.82, 2.24) is 4.98 Å². The minimum absolute atomic E-state index is 0.280. The second kappa shape index (κ2) is 4.54. The third-order valence-electron chi connectivity index (χ3n) is 2.71. The van der Waals surface area contributed by atoms with Gasteiger partial charge in [0.05, 0.1) is 0 Å². The maximum Gasteiger partial charge on any atom is 0.231 e. The number of nitrogens with one attached hydrogen (secondary N) is 1. The molecule has 18 heavy (non-hydrogen) atoms. The number of nitrogens with zero attached hydrogens (tertiary/aromatic N) is 1. The van der Waals surface area contributed by atoms with Gasteiger partial charge in [-0.25, -0.2) is 4.98 Å². The van der Waals surface area contributed by atoms with Crippen molar-refractivity contribution in [2.24, 2.45) is 5.73 Å². The molecule has 92 valence electrons. The first-order valence-corrected chi connectivity index (χ1v) is 5.67. The van der Waals surface area contributed by atoms with Crippen LogP contribution in [0.15, 0.2) is 36.5 Å². The van der Waals surface area contributed by atoms with Gasteiger partial charge in [0.15, 0.2) is 11.5 Å². The van der Waals surface area contributed by atoms with E-state index in [-0.39, 0.29) is 6.79 Å². The second-order valence-electron chi connectivity index (χ2n) is 3.95. The van der Waals surface area contributed by atoms with Crippen LogP contribution in [0.2, 0.25) is 0 Å². The van der Waals surface area contributed by atoms with Crippen molar-refractivity contribution in [1.29, 1.82) is 0 Å². The fourth-order valence-corrected chi connectivity index (χ4v) is 1.74. The minimum atomic E-state index is 0.280. The van der Waals surface area contributed by atoms with Gasteiger partial charge < -0.3 is 20.5 Å². The van der Waals surface area contributed by atoms with Gasteiger partial charge in [0.25, 0.3) is 0 Å². The Morgan fingerprint density at radius 2 is 2.06 bits per heavy atom. The van der Waals surface area contributed by atoms with E-state index in [4.69, 9.17) is 15.2 Å². The molecule has 0 saturated carbocycles. The zero-order chi connectivity index (χ0) is 12.4. The summed E-state index contributed by atoms with van der Waals surface area (Å²) in [5.74, 6) is 2.29. The molecule has 2 heterocycles. The van der Waals surface area contributed by atoms with E-state index in [0.717, 1.165) is 28.6 Å². The van der Waals surface area contributed by atoms with Crippen molar-refractivity contribution in [2.75, 3.05) is 12.1 Å². The maximum atomic E-state index is 5.52. The molecule has 0 bridgehead atoms. The summed E-state index contributed by atoms with van der Waals surface area (Å²) in [4.78, 5) is 4.28. The molecule has 2 aromatic rings. The Kier molecular flexibility index (Phi) is 2.74. The first-order chi connectivity index (χ1) is 8.85. The molecule has 5 nitrogen and oxygen atoms in total. The first-order valence-electron chi connectivity index (χ1n) is 5.67. The van der Waals surface area contributed by atoms with Gasteiger partial charge in [-0.05, 0) is 23.8 Å². The number of aromatic nitrogens is 1. The molecule has 0 aliphatic carbocycles. The molecule has 1 aliphatic rings. The standard InChI is InChI=1S/C13H13N3O2/c14-6-9-1-4-13(15-7-9)16-10-2-3-11-12(5-10)18-8-17-11/h1-5,7H,6,8,14H2,(H,15,16). The van der Waals surface area contributed by atoms with Crippen LogP contribution in [0.3, 0.4) is 0 Å². The van der Waals surface area contributed by atoms with Crippen LogP contribution in [-0.2, 0) is 6.54 Å². The molecule has 0 fully saturated rings. The maximum absolute atomic E-state index is 5.52. The molecule has 1 aromatic heterocycles. The summed E-state index contributed by atoms with van der Waals surface area (Å²) in [5.41, 5.74) is 7.44. The van der Waals surface area contributed by atoms with Crippen LogP contribution in [0.5, 0.6) is 11.5 Å². The molecule has 0 unspecified atom stereocenters. The van der Waals surface area contributed by atoms with Crippen LogP contribution < -0.4 is 20.5 Å². The number of anilines is 2. The number of nitrogens with two attached hydrogens (primary N) is 1. The van der Waals surface area contributed by atoms with Crippen LogP contribution in [0.4, 0.5) is 11.5 Å². The fourth-order valence-electron chi connectivity index (χ4n) is 1.74. The lowest BCUT2D eigenvalue weighted by Crippen LogP contribution is -1.98. The molecule has 1 aliphatic heterocycles. The zero-order valence-electron chi connectivity index (χ0n) is 9.72. The lowest BCUT2D eigenvalue weighted by molar-refractivity contribution is 0.174. The normalized spacial score (nSPS) is 12.5. The highest BCUT2D eigenvalue weighted by atomic mass is 16.7. The van der Waals surface area contributed by atoms with Gasteiger partial charge >= 0.3 is 0 Å².